The third-order valence-electron chi connectivity index (χ3n) is 3.53. The van der Waals surface area contributed by atoms with Crippen molar-refractivity contribution in [1.29, 1.82) is 0 Å². The van der Waals surface area contributed by atoms with E-state index in [-0.39, 0.29) is 0 Å². The van der Waals surface area contributed by atoms with E-state index in [1.54, 1.807) is 0 Å². The molecule has 2 aromatic rings. The monoisotopic (exact) mass is 309 g/mol. The summed E-state index contributed by atoms with van der Waals surface area (Å²) in [6, 6.07) is 8.40. The molecular weight excluding hydrogens is 286 g/mol. The number of rotatable bonds is 8. The number of hydrogen-bond donors (Lipinski definition) is 2. The number of aromatic amines is 1. The molecule has 0 aliphatic carbocycles. The van der Waals surface area contributed by atoms with Gasteiger partial charge >= 0.3 is 0 Å². The molecule has 0 amide bonds. The van der Waals surface area contributed by atoms with Crippen molar-refractivity contribution in [2.24, 2.45) is 0 Å². The Bertz CT molecular complexity index is 679. The van der Waals surface area contributed by atoms with Crippen LogP contribution in [0.2, 0.25) is 0 Å². The average molecular weight is 309 g/mol. The molecule has 1 aromatic carbocycles. The van der Waals surface area contributed by atoms with E-state index in [0.29, 0.717) is 13.1 Å². The Morgan fingerprint density at radius 1 is 1.29 bits per heavy atom. The molecule has 0 atom stereocenters. The number of sulfonamides is 1. The SMILES string of the molecule is CCN(CCCNCc1ccc2[nH]ccc2c1)S(C)(=O)=O. The fourth-order valence-electron chi connectivity index (χ4n) is 2.38. The summed E-state index contributed by atoms with van der Waals surface area (Å²) in [5.74, 6) is 0. The summed E-state index contributed by atoms with van der Waals surface area (Å²) in [5, 5.41) is 4.57. The highest BCUT2D eigenvalue weighted by atomic mass is 32.2. The lowest BCUT2D eigenvalue weighted by atomic mass is 10.1. The van der Waals surface area contributed by atoms with E-state index in [1.165, 1.54) is 21.5 Å². The van der Waals surface area contributed by atoms with Gasteiger partial charge in [0, 0.05) is 31.3 Å². The lowest BCUT2D eigenvalue weighted by Gasteiger charge is -2.17. The Morgan fingerprint density at radius 3 is 2.81 bits per heavy atom. The second-order valence-corrected chi connectivity index (χ2v) is 7.17. The zero-order valence-electron chi connectivity index (χ0n) is 12.6. The van der Waals surface area contributed by atoms with Crippen LogP contribution in [0.4, 0.5) is 0 Å². The highest BCUT2D eigenvalue weighted by molar-refractivity contribution is 7.88. The van der Waals surface area contributed by atoms with Crippen LogP contribution in [0.3, 0.4) is 0 Å². The number of hydrogen-bond acceptors (Lipinski definition) is 3. The van der Waals surface area contributed by atoms with Crippen molar-refractivity contribution in [1.82, 2.24) is 14.6 Å². The minimum atomic E-state index is -3.07. The van der Waals surface area contributed by atoms with Crippen LogP contribution in [0, 0.1) is 0 Å². The van der Waals surface area contributed by atoms with Crippen LogP contribution in [-0.2, 0) is 16.6 Å². The molecule has 0 fully saturated rings. The first-order valence-electron chi connectivity index (χ1n) is 7.22. The molecule has 6 heteroatoms. The number of benzene rings is 1. The summed E-state index contributed by atoms with van der Waals surface area (Å²) in [7, 11) is -3.07. The third kappa shape index (κ3) is 4.56. The molecule has 116 valence electrons. The molecule has 1 heterocycles. The van der Waals surface area contributed by atoms with Gasteiger partial charge < -0.3 is 10.3 Å². The van der Waals surface area contributed by atoms with Crippen molar-refractivity contribution < 1.29 is 8.42 Å². The fourth-order valence-corrected chi connectivity index (χ4v) is 3.31. The second-order valence-electron chi connectivity index (χ2n) is 5.18. The third-order valence-corrected chi connectivity index (χ3v) is 4.91. The number of aromatic nitrogens is 1. The quantitative estimate of drug-likeness (QED) is 0.732. The summed E-state index contributed by atoms with van der Waals surface area (Å²) in [6.45, 7) is 4.56. The second kappa shape index (κ2) is 7.06. The van der Waals surface area contributed by atoms with Crippen molar-refractivity contribution in [2.75, 3.05) is 25.9 Å². The largest absolute Gasteiger partial charge is 0.361 e. The summed E-state index contributed by atoms with van der Waals surface area (Å²) < 4.78 is 24.4. The smallest absolute Gasteiger partial charge is 0.211 e. The Kier molecular flexibility index (Phi) is 5.39. The van der Waals surface area contributed by atoms with E-state index in [0.717, 1.165) is 25.0 Å². The van der Waals surface area contributed by atoms with E-state index in [4.69, 9.17) is 0 Å². The van der Waals surface area contributed by atoms with E-state index in [9.17, 15) is 8.42 Å². The molecule has 0 saturated heterocycles. The van der Waals surface area contributed by atoms with Crippen LogP contribution in [-0.4, -0.2) is 43.6 Å². The highest BCUT2D eigenvalue weighted by Crippen LogP contribution is 2.13. The van der Waals surface area contributed by atoms with Crippen molar-refractivity contribution in [3.8, 4) is 0 Å². The van der Waals surface area contributed by atoms with Gasteiger partial charge in [0.15, 0.2) is 0 Å². The van der Waals surface area contributed by atoms with E-state index < -0.39 is 10.0 Å². The molecule has 0 spiro atoms. The van der Waals surface area contributed by atoms with Gasteiger partial charge in [-0.3, -0.25) is 0 Å². The van der Waals surface area contributed by atoms with Gasteiger partial charge in [-0.15, -0.1) is 0 Å². The predicted molar refractivity (Wildman–Crippen MR) is 86.7 cm³/mol. The van der Waals surface area contributed by atoms with Gasteiger partial charge in [-0.25, -0.2) is 12.7 Å². The number of nitrogens with one attached hydrogen (secondary N) is 2. The molecule has 0 bridgehead atoms. The Labute approximate surface area is 126 Å². The maximum Gasteiger partial charge on any atom is 0.211 e. The predicted octanol–water partition coefficient (Wildman–Crippen LogP) is 1.93. The summed E-state index contributed by atoms with van der Waals surface area (Å²) in [4.78, 5) is 3.17. The van der Waals surface area contributed by atoms with Crippen molar-refractivity contribution in [2.45, 2.75) is 19.9 Å². The average Bonchev–Trinajstić information content (AvgIpc) is 2.88. The molecule has 0 unspecified atom stereocenters. The normalized spacial score (nSPS) is 12.3. The van der Waals surface area contributed by atoms with Crippen LogP contribution >= 0.6 is 0 Å². The van der Waals surface area contributed by atoms with E-state index in [1.807, 2.05) is 13.1 Å². The maximum absolute atomic E-state index is 11.4. The Hall–Kier alpha value is -1.37. The number of nitrogens with zero attached hydrogens (tertiary/aromatic N) is 1. The molecular formula is C15H23N3O2S. The number of H-pyrrole nitrogens is 1. The minimum Gasteiger partial charge on any atom is -0.361 e. The van der Waals surface area contributed by atoms with Gasteiger partial charge in [0.25, 0.3) is 0 Å². The zero-order valence-corrected chi connectivity index (χ0v) is 13.4. The van der Waals surface area contributed by atoms with Crippen molar-refractivity contribution in [3.63, 3.8) is 0 Å². The summed E-state index contributed by atoms with van der Waals surface area (Å²) in [6.07, 6.45) is 4.01. The topological polar surface area (TPSA) is 65.2 Å². The van der Waals surface area contributed by atoms with Crippen molar-refractivity contribution >= 4 is 20.9 Å². The first-order chi connectivity index (χ1) is 10.0. The molecule has 0 saturated carbocycles. The molecule has 0 aliphatic heterocycles. The van der Waals surface area contributed by atoms with Crippen LogP contribution < -0.4 is 5.32 Å². The van der Waals surface area contributed by atoms with Crippen LogP contribution in [0.5, 0.6) is 0 Å². The van der Waals surface area contributed by atoms with E-state index >= 15 is 0 Å². The Morgan fingerprint density at radius 2 is 2.10 bits per heavy atom. The standard InChI is InChI=1S/C15H23N3O2S/c1-3-18(21(2,19)20)10-4-8-16-12-13-5-6-15-14(11-13)7-9-17-15/h5-7,9,11,16-17H,3-4,8,10,12H2,1-2H3. The van der Waals surface area contributed by atoms with Gasteiger partial charge in [-0.2, -0.15) is 0 Å². The molecule has 2 rings (SSSR count). The van der Waals surface area contributed by atoms with Crippen LogP contribution in [0.1, 0.15) is 18.9 Å². The van der Waals surface area contributed by atoms with Gasteiger partial charge in [-0.05, 0) is 42.1 Å². The number of fused-ring (bicyclic) bond motifs is 1. The van der Waals surface area contributed by atoms with Gasteiger partial charge in [0.2, 0.25) is 10.0 Å². The van der Waals surface area contributed by atoms with Gasteiger partial charge in [-0.1, -0.05) is 13.0 Å². The molecule has 5 nitrogen and oxygen atoms in total. The fraction of sp³-hybridized carbons (Fsp3) is 0.467. The van der Waals surface area contributed by atoms with Crippen molar-refractivity contribution in [3.05, 3.63) is 36.0 Å². The Balaban J connectivity index is 1.74. The zero-order chi connectivity index (χ0) is 15.3. The lowest BCUT2D eigenvalue weighted by Crippen LogP contribution is -2.32. The van der Waals surface area contributed by atoms with Gasteiger partial charge in [0.1, 0.15) is 0 Å². The molecule has 2 N–H and O–H groups in total. The molecule has 1 aromatic heterocycles. The molecule has 21 heavy (non-hydrogen) atoms. The summed E-state index contributed by atoms with van der Waals surface area (Å²) >= 11 is 0. The first-order valence-corrected chi connectivity index (χ1v) is 9.07. The van der Waals surface area contributed by atoms with Gasteiger partial charge in [0.05, 0.1) is 6.26 Å². The first kappa shape index (κ1) is 16.0. The highest BCUT2D eigenvalue weighted by Gasteiger charge is 2.12. The maximum atomic E-state index is 11.4. The minimum absolute atomic E-state index is 0.531. The van der Waals surface area contributed by atoms with E-state index in [2.05, 4.69) is 34.6 Å². The molecule has 0 aliphatic rings. The molecule has 0 radical (unpaired) electrons. The lowest BCUT2D eigenvalue weighted by molar-refractivity contribution is 0.419. The summed E-state index contributed by atoms with van der Waals surface area (Å²) in [5.41, 5.74) is 2.38. The van der Waals surface area contributed by atoms with Crippen LogP contribution in [0.15, 0.2) is 30.5 Å². The van der Waals surface area contributed by atoms with Crippen LogP contribution in [0.25, 0.3) is 10.9 Å².